The first-order chi connectivity index (χ1) is 12.2. The molecular formula is C15H16N6O2S2. The number of thioether (sulfide) groups is 1. The van der Waals surface area contributed by atoms with Crippen LogP contribution in [0.15, 0.2) is 34.9 Å². The highest BCUT2D eigenvalue weighted by Gasteiger charge is 2.15. The second-order valence-corrected chi connectivity index (χ2v) is 6.64. The molecule has 8 nitrogen and oxygen atoms in total. The van der Waals surface area contributed by atoms with Gasteiger partial charge in [-0.15, -0.1) is 20.4 Å². The molecule has 0 aliphatic carbocycles. The van der Waals surface area contributed by atoms with E-state index in [0.29, 0.717) is 16.8 Å². The van der Waals surface area contributed by atoms with Crippen LogP contribution in [0.4, 0.5) is 5.13 Å². The number of nitrogens with zero attached hydrogens (tertiary/aromatic N) is 5. The van der Waals surface area contributed by atoms with Crippen LogP contribution in [-0.2, 0) is 11.3 Å². The first-order valence-electron chi connectivity index (χ1n) is 7.47. The average molecular weight is 376 g/mol. The summed E-state index contributed by atoms with van der Waals surface area (Å²) >= 11 is 2.61. The van der Waals surface area contributed by atoms with Gasteiger partial charge in [-0.3, -0.25) is 10.1 Å². The van der Waals surface area contributed by atoms with E-state index in [4.69, 9.17) is 4.74 Å². The summed E-state index contributed by atoms with van der Waals surface area (Å²) in [6, 6.07) is 7.65. The molecule has 0 bridgehead atoms. The molecule has 0 spiro atoms. The minimum absolute atomic E-state index is 0.157. The number of carbonyl (C=O) groups is 1. The molecule has 0 atom stereocenters. The van der Waals surface area contributed by atoms with E-state index in [1.807, 2.05) is 35.8 Å². The van der Waals surface area contributed by atoms with Crippen molar-refractivity contribution >= 4 is 34.1 Å². The maximum Gasteiger partial charge on any atom is 0.236 e. The predicted octanol–water partition coefficient (Wildman–Crippen LogP) is 2.56. The summed E-state index contributed by atoms with van der Waals surface area (Å²) in [6.45, 7) is 2.71. The Morgan fingerprint density at radius 3 is 2.96 bits per heavy atom. The molecule has 0 unspecified atom stereocenters. The Balaban J connectivity index is 1.72. The van der Waals surface area contributed by atoms with E-state index < -0.39 is 0 Å². The van der Waals surface area contributed by atoms with Crippen molar-refractivity contribution in [3.05, 3.63) is 29.8 Å². The van der Waals surface area contributed by atoms with Crippen molar-refractivity contribution in [3.63, 3.8) is 0 Å². The van der Waals surface area contributed by atoms with Gasteiger partial charge in [-0.2, -0.15) is 0 Å². The summed E-state index contributed by atoms with van der Waals surface area (Å²) in [5.74, 6) is 1.56. The highest BCUT2D eigenvalue weighted by atomic mass is 32.2. The number of rotatable bonds is 7. The highest BCUT2D eigenvalue weighted by molar-refractivity contribution is 7.99. The molecule has 2 heterocycles. The van der Waals surface area contributed by atoms with E-state index in [1.54, 1.807) is 12.6 Å². The number of aromatic nitrogens is 5. The highest BCUT2D eigenvalue weighted by Crippen LogP contribution is 2.26. The van der Waals surface area contributed by atoms with Gasteiger partial charge in [0.2, 0.25) is 11.0 Å². The average Bonchev–Trinajstić information content (AvgIpc) is 3.29. The molecule has 0 saturated carbocycles. The SMILES string of the molecule is CCn1c(SCC(=O)Nc2nncs2)nnc1-c1cccc(OC)c1. The molecule has 2 aromatic heterocycles. The smallest absolute Gasteiger partial charge is 0.236 e. The van der Waals surface area contributed by atoms with Gasteiger partial charge in [0.1, 0.15) is 11.3 Å². The maximum absolute atomic E-state index is 12.0. The van der Waals surface area contributed by atoms with Gasteiger partial charge >= 0.3 is 0 Å². The van der Waals surface area contributed by atoms with Crippen LogP contribution in [0.25, 0.3) is 11.4 Å². The first-order valence-corrected chi connectivity index (χ1v) is 9.34. The van der Waals surface area contributed by atoms with Gasteiger partial charge in [0.15, 0.2) is 11.0 Å². The molecule has 0 aliphatic heterocycles. The van der Waals surface area contributed by atoms with Crippen LogP contribution < -0.4 is 10.1 Å². The fraction of sp³-hybridized carbons (Fsp3) is 0.267. The third kappa shape index (κ3) is 4.15. The standard InChI is InChI=1S/C15H16N6O2S2/c1-3-21-13(10-5-4-6-11(7-10)23-2)18-20-15(21)24-8-12(22)17-14-19-16-9-25-14/h4-7,9H,3,8H2,1-2H3,(H,17,19,22). The number of hydrogen-bond donors (Lipinski definition) is 1. The lowest BCUT2D eigenvalue weighted by Gasteiger charge is -2.08. The summed E-state index contributed by atoms with van der Waals surface area (Å²) in [7, 11) is 1.63. The predicted molar refractivity (Wildman–Crippen MR) is 96.9 cm³/mol. The summed E-state index contributed by atoms with van der Waals surface area (Å²) < 4.78 is 7.23. The second kappa shape index (κ2) is 8.08. The Morgan fingerprint density at radius 2 is 2.24 bits per heavy atom. The minimum atomic E-state index is -0.157. The Hall–Kier alpha value is -2.46. The van der Waals surface area contributed by atoms with Gasteiger partial charge in [-0.25, -0.2) is 0 Å². The lowest BCUT2D eigenvalue weighted by atomic mass is 10.2. The number of benzene rings is 1. The van der Waals surface area contributed by atoms with E-state index in [1.165, 1.54) is 23.1 Å². The molecule has 1 aromatic carbocycles. The largest absolute Gasteiger partial charge is 0.497 e. The topological polar surface area (TPSA) is 94.8 Å². The van der Waals surface area contributed by atoms with Gasteiger partial charge in [0.25, 0.3) is 0 Å². The molecule has 0 saturated heterocycles. The Kier molecular flexibility index (Phi) is 5.61. The zero-order chi connectivity index (χ0) is 17.6. The molecule has 25 heavy (non-hydrogen) atoms. The van der Waals surface area contributed by atoms with E-state index in [0.717, 1.165) is 17.1 Å². The summed E-state index contributed by atoms with van der Waals surface area (Å²) in [5, 5.41) is 19.8. The number of carbonyl (C=O) groups excluding carboxylic acids is 1. The van der Waals surface area contributed by atoms with Crippen molar-refractivity contribution < 1.29 is 9.53 Å². The van der Waals surface area contributed by atoms with E-state index in [-0.39, 0.29) is 11.7 Å². The van der Waals surface area contributed by atoms with Gasteiger partial charge in [0, 0.05) is 12.1 Å². The molecule has 3 aromatic rings. The van der Waals surface area contributed by atoms with Gasteiger partial charge < -0.3 is 9.30 Å². The fourth-order valence-electron chi connectivity index (χ4n) is 2.17. The van der Waals surface area contributed by atoms with Crippen molar-refractivity contribution in [3.8, 4) is 17.1 Å². The molecular weight excluding hydrogens is 360 g/mol. The Morgan fingerprint density at radius 1 is 1.36 bits per heavy atom. The molecule has 3 rings (SSSR count). The third-order valence-electron chi connectivity index (χ3n) is 3.30. The second-order valence-electron chi connectivity index (χ2n) is 4.86. The zero-order valence-corrected chi connectivity index (χ0v) is 15.3. The van der Waals surface area contributed by atoms with E-state index in [2.05, 4.69) is 25.7 Å². The summed E-state index contributed by atoms with van der Waals surface area (Å²) in [4.78, 5) is 12.0. The molecule has 130 valence electrons. The number of methoxy groups -OCH3 is 1. The zero-order valence-electron chi connectivity index (χ0n) is 13.7. The van der Waals surface area contributed by atoms with Gasteiger partial charge in [0.05, 0.1) is 12.9 Å². The Labute approximate surface area is 152 Å². The number of ether oxygens (including phenoxy) is 1. The summed E-state index contributed by atoms with van der Waals surface area (Å²) in [5.41, 5.74) is 2.48. The van der Waals surface area contributed by atoms with Crippen LogP contribution in [0.1, 0.15) is 6.92 Å². The van der Waals surface area contributed by atoms with Crippen molar-refractivity contribution in [1.29, 1.82) is 0 Å². The van der Waals surface area contributed by atoms with Crippen LogP contribution >= 0.6 is 23.1 Å². The lowest BCUT2D eigenvalue weighted by molar-refractivity contribution is -0.113. The quantitative estimate of drug-likeness (QED) is 0.633. The normalized spacial score (nSPS) is 10.6. The molecule has 0 radical (unpaired) electrons. The number of amides is 1. The van der Waals surface area contributed by atoms with Crippen LogP contribution in [0.5, 0.6) is 5.75 Å². The summed E-state index contributed by atoms with van der Waals surface area (Å²) in [6.07, 6.45) is 0. The van der Waals surface area contributed by atoms with Gasteiger partial charge in [-0.05, 0) is 19.1 Å². The fourth-order valence-corrected chi connectivity index (χ4v) is 3.43. The molecule has 0 aliphatic rings. The monoisotopic (exact) mass is 376 g/mol. The number of hydrogen-bond acceptors (Lipinski definition) is 8. The maximum atomic E-state index is 12.0. The van der Waals surface area contributed by atoms with Crippen molar-refractivity contribution in [2.45, 2.75) is 18.6 Å². The number of anilines is 1. The number of nitrogens with one attached hydrogen (secondary N) is 1. The third-order valence-corrected chi connectivity index (χ3v) is 4.87. The van der Waals surface area contributed by atoms with Crippen LogP contribution in [0.3, 0.4) is 0 Å². The van der Waals surface area contributed by atoms with E-state index in [9.17, 15) is 4.79 Å². The van der Waals surface area contributed by atoms with Crippen LogP contribution in [0, 0.1) is 0 Å². The molecule has 1 amide bonds. The van der Waals surface area contributed by atoms with Crippen molar-refractivity contribution in [2.24, 2.45) is 0 Å². The first kappa shape index (κ1) is 17.4. The molecule has 10 heteroatoms. The Bertz CT molecular complexity index is 850. The molecule has 0 fully saturated rings. The van der Waals surface area contributed by atoms with Crippen LogP contribution in [-0.4, -0.2) is 43.7 Å². The molecule has 1 N–H and O–H groups in total. The van der Waals surface area contributed by atoms with Gasteiger partial charge in [-0.1, -0.05) is 35.2 Å². The minimum Gasteiger partial charge on any atom is -0.497 e. The lowest BCUT2D eigenvalue weighted by Crippen LogP contribution is -2.14. The van der Waals surface area contributed by atoms with Crippen molar-refractivity contribution in [1.82, 2.24) is 25.0 Å². The van der Waals surface area contributed by atoms with Crippen LogP contribution in [0.2, 0.25) is 0 Å². The van der Waals surface area contributed by atoms with E-state index >= 15 is 0 Å². The van der Waals surface area contributed by atoms with Crippen molar-refractivity contribution in [2.75, 3.05) is 18.2 Å².